The number of rotatable bonds is 4. The lowest BCUT2D eigenvalue weighted by Gasteiger charge is -2.05. The largest absolute Gasteiger partial charge is 0.294 e. The Morgan fingerprint density at radius 3 is 2.62 bits per heavy atom. The Labute approximate surface area is 98.4 Å². The smallest absolute Gasteiger partial charge is 0.274 e. The predicted octanol–water partition coefficient (Wildman–Crippen LogP) is 3.54. The molecule has 0 amide bonds. The molecule has 0 bridgehead atoms. The number of ketones is 1. The Bertz CT molecular complexity index is 443. The molecule has 0 saturated heterocycles. The van der Waals surface area contributed by atoms with E-state index in [1.165, 1.54) is 12.1 Å². The summed E-state index contributed by atoms with van der Waals surface area (Å²) in [6.45, 7) is 3.45. The fourth-order valence-electron chi connectivity index (χ4n) is 1.51. The van der Waals surface area contributed by atoms with Gasteiger partial charge in [0.05, 0.1) is 4.92 Å². The van der Waals surface area contributed by atoms with Crippen molar-refractivity contribution in [2.24, 2.45) is 0 Å². The number of nitro groups is 1. The van der Waals surface area contributed by atoms with Crippen molar-refractivity contribution in [3.8, 4) is 0 Å². The van der Waals surface area contributed by atoms with Gasteiger partial charge in [-0.25, -0.2) is 0 Å². The van der Waals surface area contributed by atoms with Gasteiger partial charge < -0.3 is 0 Å². The number of Topliss-reactive ketones (excluding diaryl/α,β-unsaturated/α-hetero) is 1. The Morgan fingerprint density at radius 1 is 1.50 bits per heavy atom. The van der Waals surface area contributed by atoms with Gasteiger partial charge in [-0.3, -0.25) is 14.9 Å². The standard InChI is InChI=1S/C11H12ClNO3/c1-3-4-11(14)9-5-8(12)6-10(7(9)2)13(15)16/h5-6H,3-4H2,1-2H3. The quantitative estimate of drug-likeness (QED) is 0.460. The highest BCUT2D eigenvalue weighted by molar-refractivity contribution is 6.31. The van der Waals surface area contributed by atoms with E-state index in [0.29, 0.717) is 24.0 Å². The maximum absolute atomic E-state index is 11.7. The van der Waals surface area contributed by atoms with Crippen LogP contribution >= 0.6 is 11.6 Å². The molecule has 0 N–H and O–H groups in total. The first-order valence-corrected chi connectivity index (χ1v) is 5.33. The van der Waals surface area contributed by atoms with Crippen molar-refractivity contribution >= 4 is 23.1 Å². The SMILES string of the molecule is CCCC(=O)c1cc(Cl)cc([N+](=O)[O-])c1C. The summed E-state index contributed by atoms with van der Waals surface area (Å²) in [6, 6.07) is 2.75. The monoisotopic (exact) mass is 241 g/mol. The van der Waals surface area contributed by atoms with E-state index in [4.69, 9.17) is 11.6 Å². The van der Waals surface area contributed by atoms with Crippen LogP contribution < -0.4 is 0 Å². The highest BCUT2D eigenvalue weighted by Crippen LogP contribution is 2.27. The van der Waals surface area contributed by atoms with Crippen molar-refractivity contribution in [3.63, 3.8) is 0 Å². The molecule has 1 rings (SSSR count). The first-order valence-electron chi connectivity index (χ1n) is 4.95. The number of hydrogen-bond acceptors (Lipinski definition) is 3. The van der Waals surface area contributed by atoms with E-state index < -0.39 is 4.92 Å². The second-order valence-corrected chi connectivity index (χ2v) is 3.96. The molecule has 16 heavy (non-hydrogen) atoms. The summed E-state index contributed by atoms with van der Waals surface area (Å²) in [4.78, 5) is 21.9. The van der Waals surface area contributed by atoms with Crippen molar-refractivity contribution in [1.29, 1.82) is 0 Å². The van der Waals surface area contributed by atoms with E-state index >= 15 is 0 Å². The lowest BCUT2D eigenvalue weighted by Crippen LogP contribution is -2.04. The second kappa shape index (κ2) is 5.07. The molecular formula is C11H12ClNO3. The molecule has 0 aliphatic heterocycles. The van der Waals surface area contributed by atoms with Gasteiger partial charge in [-0.15, -0.1) is 0 Å². The number of nitro benzene ring substituents is 1. The van der Waals surface area contributed by atoms with Gasteiger partial charge in [-0.2, -0.15) is 0 Å². The molecule has 4 nitrogen and oxygen atoms in total. The molecule has 1 aromatic rings. The molecule has 0 aromatic heterocycles. The van der Waals surface area contributed by atoms with E-state index in [1.54, 1.807) is 6.92 Å². The zero-order chi connectivity index (χ0) is 12.3. The summed E-state index contributed by atoms with van der Waals surface area (Å²) in [7, 11) is 0. The summed E-state index contributed by atoms with van der Waals surface area (Å²) >= 11 is 5.75. The molecule has 0 aliphatic carbocycles. The summed E-state index contributed by atoms with van der Waals surface area (Å²) in [5, 5.41) is 11.0. The third kappa shape index (κ3) is 2.58. The number of nitrogens with zero attached hydrogens (tertiary/aromatic N) is 1. The highest BCUT2D eigenvalue weighted by Gasteiger charge is 2.19. The van der Waals surface area contributed by atoms with Crippen molar-refractivity contribution in [3.05, 3.63) is 38.4 Å². The molecule has 0 fully saturated rings. The minimum absolute atomic E-state index is 0.105. The number of carbonyl (C=O) groups is 1. The zero-order valence-corrected chi connectivity index (χ0v) is 9.87. The fourth-order valence-corrected chi connectivity index (χ4v) is 1.72. The summed E-state index contributed by atoms with van der Waals surface area (Å²) in [5.74, 6) is -0.106. The number of carbonyl (C=O) groups excluding carboxylic acids is 1. The first kappa shape index (κ1) is 12.6. The normalized spacial score (nSPS) is 10.2. The molecule has 0 aliphatic rings. The third-order valence-corrected chi connectivity index (χ3v) is 2.54. The topological polar surface area (TPSA) is 60.2 Å². The van der Waals surface area contributed by atoms with Gasteiger partial charge >= 0.3 is 0 Å². The minimum Gasteiger partial charge on any atom is -0.294 e. The fraction of sp³-hybridized carbons (Fsp3) is 0.364. The summed E-state index contributed by atoms with van der Waals surface area (Å²) in [6.07, 6.45) is 1.08. The maximum Gasteiger partial charge on any atom is 0.274 e. The van der Waals surface area contributed by atoms with Crippen LogP contribution in [0.5, 0.6) is 0 Å². The van der Waals surface area contributed by atoms with Gasteiger partial charge in [0.2, 0.25) is 0 Å². The molecule has 0 spiro atoms. The zero-order valence-electron chi connectivity index (χ0n) is 9.12. The number of halogens is 1. The number of benzene rings is 1. The Morgan fingerprint density at radius 2 is 2.12 bits per heavy atom. The van der Waals surface area contributed by atoms with Crippen LogP contribution in [0.4, 0.5) is 5.69 Å². The van der Waals surface area contributed by atoms with Crippen LogP contribution in [0.25, 0.3) is 0 Å². The van der Waals surface area contributed by atoms with Crippen LogP contribution in [-0.2, 0) is 0 Å². The van der Waals surface area contributed by atoms with E-state index in [9.17, 15) is 14.9 Å². The van der Waals surface area contributed by atoms with E-state index in [1.807, 2.05) is 6.92 Å². The number of hydrogen-bond donors (Lipinski definition) is 0. The second-order valence-electron chi connectivity index (χ2n) is 3.53. The molecule has 0 saturated carbocycles. The molecule has 1 aromatic carbocycles. The Kier molecular flexibility index (Phi) is 4.01. The van der Waals surface area contributed by atoms with Crippen LogP contribution in [-0.4, -0.2) is 10.7 Å². The highest BCUT2D eigenvalue weighted by atomic mass is 35.5. The van der Waals surface area contributed by atoms with Crippen molar-refractivity contribution in [2.75, 3.05) is 0 Å². The molecule has 5 heteroatoms. The molecular weight excluding hydrogens is 230 g/mol. The van der Waals surface area contributed by atoms with E-state index in [2.05, 4.69) is 0 Å². The average molecular weight is 242 g/mol. The van der Waals surface area contributed by atoms with Crippen LogP contribution in [0.1, 0.15) is 35.7 Å². The van der Waals surface area contributed by atoms with Crippen LogP contribution in [0, 0.1) is 17.0 Å². The lowest BCUT2D eigenvalue weighted by atomic mass is 10.0. The summed E-state index contributed by atoms with van der Waals surface area (Å²) < 4.78 is 0. The Balaban J connectivity index is 3.29. The van der Waals surface area contributed by atoms with Gasteiger partial charge in [-0.05, 0) is 19.4 Å². The van der Waals surface area contributed by atoms with Gasteiger partial charge in [0.25, 0.3) is 5.69 Å². The Hall–Kier alpha value is -1.42. The maximum atomic E-state index is 11.7. The molecule has 0 atom stereocenters. The van der Waals surface area contributed by atoms with Crippen molar-refractivity contribution < 1.29 is 9.72 Å². The van der Waals surface area contributed by atoms with Gasteiger partial charge in [0, 0.05) is 28.6 Å². The van der Waals surface area contributed by atoms with Crippen LogP contribution in [0.2, 0.25) is 5.02 Å². The first-order chi connectivity index (χ1) is 7.47. The van der Waals surface area contributed by atoms with E-state index in [-0.39, 0.29) is 16.5 Å². The average Bonchev–Trinajstić information content (AvgIpc) is 2.20. The molecule has 0 heterocycles. The predicted molar refractivity (Wildman–Crippen MR) is 62.1 cm³/mol. The molecule has 0 radical (unpaired) electrons. The third-order valence-electron chi connectivity index (χ3n) is 2.32. The van der Waals surface area contributed by atoms with Crippen molar-refractivity contribution in [1.82, 2.24) is 0 Å². The summed E-state index contributed by atoms with van der Waals surface area (Å²) in [5.41, 5.74) is 0.626. The van der Waals surface area contributed by atoms with Gasteiger partial charge in [-0.1, -0.05) is 18.5 Å². The van der Waals surface area contributed by atoms with Crippen LogP contribution in [0.3, 0.4) is 0 Å². The van der Waals surface area contributed by atoms with Gasteiger partial charge in [0.15, 0.2) is 5.78 Å². The lowest BCUT2D eigenvalue weighted by molar-refractivity contribution is -0.385. The minimum atomic E-state index is -0.524. The van der Waals surface area contributed by atoms with E-state index in [0.717, 1.165) is 0 Å². The van der Waals surface area contributed by atoms with Crippen LogP contribution in [0.15, 0.2) is 12.1 Å². The van der Waals surface area contributed by atoms with Gasteiger partial charge in [0.1, 0.15) is 0 Å². The molecule has 0 unspecified atom stereocenters. The molecule has 86 valence electrons. The van der Waals surface area contributed by atoms with Crippen molar-refractivity contribution in [2.45, 2.75) is 26.7 Å².